The molecule has 152 valence electrons. The van der Waals surface area contributed by atoms with Gasteiger partial charge in [-0.25, -0.2) is 0 Å². The lowest BCUT2D eigenvalue weighted by Crippen LogP contribution is -2.85. The van der Waals surface area contributed by atoms with Gasteiger partial charge in [-0.2, -0.15) is 0 Å². The van der Waals surface area contributed by atoms with Crippen LogP contribution in [0, 0.1) is 0 Å². The molecule has 0 aromatic carbocycles. The van der Waals surface area contributed by atoms with E-state index in [-0.39, 0.29) is 0 Å². The first-order chi connectivity index (χ1) is 11.5. The van der Waals surface area contributed by atoms with Gasteiger partial charge in [-0.1, -0.05) is 0 Å². The average molecular weight is 433 g/mol. The van der Waals surface area contributed by atoms with Crippen molar-refractivity contribution in [2.45, 2.75) is 30.1 Å². The summed E-state index contributed by atoms with van der Waals surface area (Å²) in [6.07, 6.45) is 0. The minimum atomic E-state index is -3.07. The molecule has 0 spiro atoms. The van der Waals surface area contributed by atoms with Gasteiger partial charge < -0.3 is 35.4 Å². The lowest BCUT2D eigenvalue weighted by molar-refractivity contribution is 0.153. The molecule has 8 nitrogen and oxygen atoms in total. The van der Waals surface area contributed by atoms with Crippen molar-refractivity contribution in [3.8, 4) is 0 Å². The van der Waals surface area contributed by atoms with Gasteiger partial charge in [-0.05, 0) is 26.2 Å². The number of hydrogen-bond donors (Lipinski definition) is 0. The summed E-state index contributed by atoms with van der Waals surface area (Å²) in [4.78, 5) is 0. The van der Waals surface area contributed by atoms with E-state index >= 15 is 0 Å². The molecule has 0 N–H and O–H groups in total. The van der Waals surface area contributed by atoms with E-state index < -0.39 is 38.2 Å². The second-order valence-electron chi connectivity index (χ2n) is 6.17. The molecule has 0 atom stereocenters. The summed E-state index contributed by atoms with van der Waals surface area (Å²) in [5.41, 5.74) is 0. The smallest absolute Gasteiger partial charge is 0.346 e. The third-order valence-electron chi connectivity index (χ3n) is 5.84. The molecule has 0 aliphatic heterocycles. The SMILES string of the molecule is CO[Si](C)(OC)C([Si](C)(OC)OC)([Si](C)(OC)OC)[Si](C)(OC)OC. The predicted molar refractivity (Wildman–Crippen MR) is 105 cm³/mol. The van der Waals surface area contributed by atoms with Crippen molar-refractivity contribution in [1.82, 2.24) is 0 Å². The van der Waals surface area contributed by atoms with Gasteiger partial charge in [0.25, 0.3) is 0 Å². The van der Waals surface area contributed by atoms with Crippen LogP contribution in [-0.2, 0) is 35.4 Å². The molecule has 0 unspecified atom stereocenters. The van der Waals surface area contributed by atoms with E-state index in [4.69, 9.17) is 35.4 Å². The van der Waals surface area contributed by atoms with Gasteiger partial charge in [0.2, 0.25) is 0 Å². The Balaban J connectivity index is 7.47. The van der Waals surface area contributed by atoms with E-state index in [9.17, 15) is 0 Å². The lowest BCUT2D eigenvalue weighted by atomic mass is 11.7. The largest absolute Gasteiger partial charge is 0.398 e. The first-order valence-corrected chi connectivity index (χ1v) is 17.2. The summed E-state index contributed by atoms with van der Waals surface area (Å²) in [5.74, 6) is 0. The monoisotopic (exact) mass is 432 g/mol. The van der Waals surface area contributed by atoms with Crippen molar-refractivity contribution in [3.05, 3.63) is 0 Å². The molecule has 0 heterocycles. The second-order valence-corrected chi connectivity index (χ2v) is 23.0. The topological polar surface area (TPSA) is 73.8 Å². The standard InChI is InChI=1S/C13H36O8Si4/c1-14-22(9,15-2)13(23(10,16-3)17-4,24(11,18-5)19-6)25(12,20-7)21-8/h1-12H3. The van der Waals surface area contributed by atoms with Crippen LogP contribution >= 0.6 is 0 Å². The highest BCUT2D eigenvalue weighted by Gasteiger charge is 2.87. The molecule has 25 heavy (non-hydrogen) atoms. The maximum absolute atomic E-state index is 6.04. The molecule has 0 saturated heterocycles. The van der Waals surface area contributed by atoms with Crippen LogP contribution in [0.5, 0.6) is 0 Å². The van der Waals surface area contributed by atoms with Gasteiger partial charge >= 0.3 is 34.2 Å². The maximum Gasteiger partial charge on any atom is 0.346 e. The molecular formula is C13H36O8Si4. The Morgan fingerprint density at radius 2 is 0.480 bits per heavy atom. The average Bonchev–Trinajstić information content (AvgIpc) is 2.66. The molecule has 0 radical (unpaired) electrons. The Labute approximate surface area is 157 Å². The highest BCUT2D eigenvalue weighted by molar-refractivity contribution is 7.21. The molecule has 0 aliphatic rings. The summed E-state index contributed by atoms with van der Waals surface area (Å²) in [6, 6.07) is 0. The Morgan fingerprint density at radius 3 is 0.560 bits per heavy atom. The molecule has 0 rings (SSSR count). The molecule has 0 aliphatic carbocycles. The Hall–Kier alpha value is 0.548. The van der Waals surface area contributed by atoms with Crippen LogP contribution < -0.4 is 0 Å². The van der Waals surface area contributed by atoms with Crippen LogP contribution in [0.2, 0.25) is 30.1 Å². The van der Waals surface area contributed by atoms with Crippen molar-refractivity contribution in [2.75, 3.05) is 56.9 Å². The fourth-order valence-electron chi connectivity index (χ4n) is 4.03. The second kappa shape index (κ2) is 9.16. The molecular weight excluding hydrogens is 396 g/mol. The highest BCUT2D eigenvalue weighted by atomic mass is 28.6. The number of rotatable bonds is 12. The molecule has 0 aromatic heterocycles. The van der Waals surface area contributed by atoms with E-state index in [1.54, 1.807) is 56.9 Å². The van der Waals surface area contributed by atoms with Gasteiger partial charge in [-0.3, -0.25) is 0 Å². The van der Waals surface area contributed by atoms with E-state index in [1.807, 2.05) is 26.2 Å². The molecule has 12 heteroatoms. The van der Waals surface area contributed by atoms with Crippen LogP contribution in [0.3, 0.4) is 0 Å². The van der Waals surface area contributed by atoms with Crippen molar-refractivity contribution in [1.29, 1.82) is 0 Å². The molecule has 0 fully saturated rings. The van der Waals surface area contributed by atoms with Crippen LogP contribution in [0.4, 0.5) is 0 Å². The van der Waals surface area contributed by atoms with Crippen molar-refractivity contribution in [3.63, 3.8) is 0 Å². The van der Waals surface area contributed by atoms with Gasteiger partial charge in [-0.15, -0.1) is 0 Å². The first kappa shape index (κ1) is 25.5. The summed E-state index contributed by atoms with van der Waals surface area (Å²) < 4.78 is 47.4. The van der Waals surface area contributed by atoms with Crippen LogP contribution in [0.1, 0.15) is 0 Å². The number of hydrogen-bond acceptors (Lipinski definition) is 8. The van der Waals surface area contributed by atoms with E-state index in [0.29, 0.717) is 0 Å². The van der Waals surface area contributed by atoms with Gasteiger partial charge in [0, 0.05) is 56.9 Å². The summed E-state index contributed by atoms with van der Waals surface area (Å²) >= 11 is 0. The molecule has 0 saturated carbocycles. The van der Waals surface area contributed by atoms with Gasteiger partial charge in [0.05, 0.1) is 0 Å². The fourth-order valence-corrected chi connectivity index (χ4v) is 34.3. The third kappa shape index (κ3) is 3.40. The van der Waals surface area contributed by atoms with E-state index in [1.165, 1.54) is 0 Å². The predicted octanol–water partition coefficient (Wildman–Crippen LogP) is 1.80. The van der Waals surface area contributed by atoms with Crippen LogP contribution in [0.15, 0.2) is 0 Å². The normalized spacial score (nSPS) is 14.9. The zero-order chi connectivity index (χ0) is 20.2. The quantitative estimate of drug-likeness (QED) is 0.432. The zero-order valence-electron chi connectivity index (χ0n) is 17.8. The van der Waals surface area contributed by atoms with E-state index in [2.05, 4.69) is 0 Å². The third-order valence-corrected chi connectivity index (χ3v) is 33.9. The molecule has 0 amide bonds. The van der Waals surface area contributed by atoms with Crippen molar-refractivity contribution in [2.24, 2.45) is 0 Å². The Bertz CT molecular complexity index is 331. The maximum atomic E-state index is 6.04. The molecule has 0 aromatic rings. The minimum absolute atomic E-state index is 0.903. The van der Waals surface area contributed by atoms with Crippen LogP contribution in [-0.4, -0.2) is 91.1 Å². The molecule has 0 bridgehead atoms. The van der Waals surface area contributed by atoms with Crippen molar-refractivity contribution < 1.29 is 35.4 Å². The summed E-state index contributed by atoms with van der Waals surface area (Å²) in [7, 11) is 0.743. The summed E-state index contributed by atoms with van der Waals surface area (Å²) in [5, 5.41) is 0. The summed E-state index contributed by atoms with van der Waals surface area (Å²) in [6.45, 7) is 7.84. The minimum Gasteiger partial charge on any atom is -0.398 e. The fraction of sp³-hybridized carbons (Fsp3) is 1.00. The first-order valence-electron chi connectivity index (χ1n) is 7.90. The van der Waals surface area contributed by atoms with Crippen molar-refractivity contribution >= 4 is 34.2 Å². The van der Waals surface area contributed by atoms with Gasteiger partial charge in [0.1, 0.15) is 3.91 Å². The zero-order valence-corrected chi connectivity index (χ0v) is 21.8. The Kier molecular flexibility index (Phi) is 9.36. The lowest BCUT2D eigenvalue weighted by Gasteiger charge is -2.60. The Morgan fingerprint density at radius 1 is 0.360 bits per heavy atom. The van der Waals surface area contributed by atoms with E-state index in [0.717, 1.165) is 0 Å². The van der Waals surface area contributed by atoms with Gasteiger partial charge in [0.15, 0.2) is 0 Å². The highest BCUT2D eigenvalue weighted by Crippen LogP contribution is 2.60. The van der Waals surface area contributed by atoms with Crippen LogP contribution in [0.25, 0.3) is 0 Å².